The Morgan fingerprint density at radius 1 is 1.05 bits per heavy atom. The summed E-state index contributed by atoms with van der Waals surface area (Å²) in [5.41, 5.74) is 1.06. The molecule has 0 aromatic heterocycles. The Kier molecular flexibility index (Phi) is 4.38. The van der Waals surface area contributed by atoms with Crippen molar-refractivity contribution in [2.24, 2.45) is 0 Å². The molecule has 0 radical (unpaired) electrons. The minimum Gasteiger partial charge on any atom is -0.462 e. The summed E-state index contributed by atoms with van der Waals surface area (Å²) < 4.78 is 10.7. The second-order valence-electron chi connectivity index (χ2n) is 4.63. The van der Waals surface area contributed by atoms with Gasteiger partial charge in [-0.05, 0) is 19.1 Å². The summed E-state index contributed by atoms with van der Waals surface area (Å²) in [6.45, 7) is 1.45. The van der Waals surface area contributed by atoms with Crippen LogP contribution in [0.3, 0.4) is 0 Å². The lowest BCUT2D eigenvalue weighted by Gasteiger charge is -2.39. The topological polar surface area (TPSA) is 99.4 Å². The Bertz CT molecular complexity index is 404. The summed E-state index contributed by atoms with van der Waals surface area (Å²) in [5.74, 6) is 0.468. The number of aliphatic hydroxyl groups excluding tert-OH is 4. The molecule has 0 unspecified atom stereocenters. The zero-order valence-electron chi connectivity index (χ0n) is 10.5. The number of rotatable bonds is 3. The van der Waals surface area contributed by atoms with Gasteiger partial charge >= 0.3 is 0 Å². The molecule has 106 valence electrons. The molecule has 0 aliphatic carbocycles. The number of benzene rings is 1. The van der Waals surface area contributed by atoms with Crippen molar-refractivity contribution < 1.29 is 29.9 Å². The highest BCUT2D eigenvalue weighted by Gasteiger charge is 2.44. The van der Waals surface area contributed by atoms with E-state index in [-0.39, 0.29) is 0 Å². The van der Waals surface area contributed by atoms with Crippen LogP contribution in [0.5, 0.6) is 5.75 Å². The van der Waals surface area contributed by atoms with Gasteiger partial charge in [0.15, 0.2) is 0 Å². The number of hydrogen-bond donors (Lipinski definition) is 4. The number of ether oxygens (including phenoxy) is 2. The number of aryl methyl sites for hydroxylation is 1. The van der Waals surface area contributed by atoms with Gasteiger partial charge in [-0.15, -0.1) is 0 Å². The van der Waals surface area contributed by atoms with E-state index in [9.17, 15) is 15.3 Å². The van der Waals surface area contributed by atoms with Crippen molar-refractivity contribution in [1.29, 1.82) is 0 Å². The highest BCUT2D eigenvalue weighted by Crippen LogP contribution is 2.24. The summed E-state index contributed by atoms with van der Waals surface area (Å²) in [6.07, 6.45) is -6.30. The Balaban J connectivity index is 2.08. The first-order chi connectivity index (χ1) is 9.02. The lowest BCUT2D eigenvalue weighted by molar-refractivity contribution is -0.277. The maximum absolute atomic E-state index is 9.80. The molecule has 1 aromatic carbocycles. The van der Waals surface area contributed by atoms with Crippen LogP contribution in [0.1, 0.15) is 5.56 Å². The van der Waals surface area contributed by atoms with Crippen molar-refractivity contribution in [3.8, 4) is 5.75 Å². The molecule has 19 heavy (non-hydrogen) atoms. The van der Waals surface area contributed by atoms with Gasteiger partial charge in [-0.1, -0.05) is 17.7 Å². The highest BCUT2D eigenvalue weighted by molar-refractivity contribution is 5.26. The minimum absolute atomic E-state index is 0.468. The molecule has 1 heterocycles. The van der Waals surface area contributed by atoms with E-state index in [2.05, 4.69) is 0 Å². The normalized spacial score (nSPS) is 35.1. The molecule has 0 amide bonds. The molecule has 0 spiro atoms. The van der Waals surface area contributed by atoms with Crippen LogP contribution in [0.15, 0.2) is 24.3 Å². The third-order valence-corrected chi connectivity index (χ3v) is 3.12. The van der Waals surface area contributed by atoms with Crippen molar-refractivity contribution in [3.63, 3.8) is 0 Å². The Hall–Kier alpha value is -1.18. The molecule has 1 aliphatic rings. The van der Waals surface area contributed by atoms with E-state index in [0.29, 0.717) is 5.75 Å². The molecule has 6 heteroatoms. The first-order valence-corrected chi connectivity index (χ1v) is 6.07. The summed E-state index contributed by atoms with van der Waals surface area (Å²) in [4.78, 5) is 0. The first kappa shape index (κ1) is 14.2. The van der Waals surface area contributed by atoms with E-state index in [1.807, 2.05) is 19.1 Å². The summed E-state index contributed by atoms with van der Waals surface area (Å²) >= 11 is 0. The number of hydrogen-bond acceptors (Lipinski definition) is 6. The molecule has 2 rings (SSSR count). The molecular formula is C13H18O6. The van der Waals surface area contributed by atoms with Crippen molar-refractivity contribution in [2.75, 3.05) is 6.61 Å². The van der Waals surface area contributed by atoms with Crippen LogP contribution in [-0.2, 0) is 4.74 Å². The average molecular weight is 270 g/mol. The summed E-state index contributed by atoms with van der Waals surface area (Å²) in [5, 5.41) is 38.1. The van der Waals surface area contributed by atoms with Crippen LogP contribution in [0.25, 0.3) is 0 Å². The fraction of sp³-hybridized carbons (Fsp3) is 0.538. The van der Waals surface area contributed by atoms with Crippen LogP contribution < -0.4 is 4.74 Å². The molecule has 5 atom stereocenters. The zero-order chi connectivity index (χ0) is 14.0. The molecule has 1 saturated heterocycles. The molecule has 1 aliphatic heterocycles. The van der Waals surface area contributed by atoms with Crippen LogP contribution in [-0.4, -0.2) is 57.7 Å². The fourth-order valence-corrected chi connectivity index (χ4v) is 1.92. The Morgan fingerprint density at radius 2 is 1.68 bits per heavy atom. The van der Waals surface area contributed by atoms with Crippen molar-refractivity contribution in [2.45, 2.75) is 37.6 Å². The predicted octanol–water partition coefficient (Wildman–Crippen LogP) is -0.826. The number of aliphatic hydroxyl groups is 4. The average Bonchev–Trinajstić information content (AvgIpc) is 2.42. The summed E-state index contributed by atoms with van der Waals surface area (Å²) in [6, 6.07) is 7.08. The molecule has 4 N–H and O–H groups in total. The molecule has 6 nitrogen and oxygen atoms in total. The van der Waals surface area contributed by atoms with Gasteiger partial charge < -0.3 is 29.9 Å². The Morgan fingerprint density at radius 3 is 2.26 bits per heavy atom. The second kappa shape index (κ2) is 5.85. The van der Waals surface area contributed by atoms with Crippen molar-refractivity contribution in [3.05, 3.63) is 29.8 Å². The maximum Gasteiger partial charge on any atom is 0.229 e. The predicted molar refractivity (Wildman–Crippen MR) is 65.6 cm³/mol. The van der Waals surface area contributed by atoms with E-state index < -0.39 is 37.3 Å². The first-order valence-electron chi connectivity index (χ1n) is 6.07. The Labute approximate surface area is 110 Å². The van der Waals surface area contributed by atoms with Crippen LogP contribution >= 0.6 is 0 Å². The van der Waals surface area contributed by atoms with Crippen LogP contribution in [0.2, 0.25) is 0 Å². The molecule has 1 fully saturated rings. The highest BCUT2D eigenvalue weighted by atomic mass is 16.7. The molecular weight excluding hydrogens is 252 g/mol. The van der Waals surface area contributed by atoms with Crippen molar-refractivity contribution >= 4 is 0 Å². The van der Waals surface area contributed by atoms with E-state index in [1.54, 1.807) is 12.1 Å². The van der Waals surface area contributed by atoms with Crippen LogP contribution in [0.4, 0.5) is 0 Å². The SMILES string of the molecule is Cc1ccc(O[C@H]2O[C@@H](CO)[C@@H](O)[C@@H](O)[C@@H]2O)cc1. The van der Waals surface area contributed by atoms with Gasteiger partial charge in [0.05, 0.1) is 6.61 Å². The maximum atomic E-state index is 9.80. The monoisotopic (exact) mass is 270 g/mol. The lowest BCUT2D eigenvalue weighted by Crippen LogP contribution is -2.60. The van der Waals surface area contributed by atoms with Gasteiger partial charge in [0.1, 0.15) is 30.2 Å². The van der Waals surface area contributed by atoms with Gasteiger partial charge in [0.25, 0.3) is 0 Å². The third kappa shape index (κ3) is 3.05. The van der Waals surface area contributed by atoms with Gasteiger partial charge in [-0.25, -0.2) is 0 Å². The second-order valence-corrected chi connectivity index (χ2v) is 4.63. The fourth-order valence-electron chi connectivity index (χ4n) is 1.92. The smallest absolute Gasteiger partial charge is 0.229 e. The van der Waals surface area contributed by atoms with Crippen molar-refractivity contribution in [1.82, 2.24) is 0 Å². The van der Waals surface area contributed by atoms with E-state index in [1.165, 1.54) is 0 Å². The van der Waals surface area contributed by atoms with E-state index in [4.69, 9.17) is 14.6 Å². The molecule has 1 aromatic rings. The lowest BCUT2D eigenvalue weighted by atomic mass is 9.99. The largest absolute Gasteiger partial charge is 0.462 e. The zero-order valence-corrected chi connectivity index (χ0v) is 10.5. The minimum atomic E-state index is -1.43. The molecule has 0 bridgehead atoms. The molecule has 0 saturated carbocycles. The van der Waals surface area contributed by atoms with Gasteiger partial charge in [-0.2, -0.15) is 0 Å². The third-order valence-electron chi connectivity index (χ3n) is 3.12. The van der Waals surface area contributed by atoms with Gasteiger partial charge in [-0.3, -0.25) is 0 Å². The standard InChI is InChI=1S/C13H18O6/c1-7-2-4-8(5-3-7)18-13-12(17)11(16)10(15)9(6-14)19-13/h2-5,9-17H,6H2,1H3/t9-,10+,11+,12-,13-/m0/s1. The van der Waals surface area contributed by atoms with Crippen LogP contribution in [0, 0.1) is 6.92 Å². The quantitative estimate of drug-likeness (QED) is 0.572. The summed E-state index contributed by atoms with van der Waals surface area (Å²) in [7, 11) is 0. The van der Waals surface area contributed by atoms with Gasteiger partial charge in [0.2, 0.25) is 6.29 Å². The van der Waals surface area contributed by atoms with Gasteiger partial charge in [0, 0.05) is 0 Å². The van der Waals surface area contributed by atoms with E-state index in [0.717, 1.165) is 5.56 Å². The van der Waals surface area contributed by atoms with E-state index >= 15 is 0 Å².